The van der Waals surface area contributed by atoms with Crippen LogP contribution in [-0.2, 0) is 0 Å². The van der Waals surface area contributed by atoms with Crippen LogP contribution in [0.5, 0.6) is 0 Å². The van der Waals surface area contributed by atoms with Crippen LogP contribution in [0.4, 0.5) is 4.39 Å². The van der Waals surface area contributed by atoms with E-state index in [9.17, 15) is 4.39 Å². The molecular formula is C7H10FNO. The second kappa shape index (κ2) is 1.95. The van der Waals surface area contributed by atoms with Gasteiger partial charge in [-0.2, -0.15) is 0 Å². The van der Waals surface area contributed by atoms with Gasteiger partial charge in [-0.05, 0) is 6.08 Å². The zero-order chi connectivity index (χ0) is 7.14. The Kier molecular flexibility index (Phi) is 1.20. The molecule has 0 unspecified atom stereocenters. The fourth-order valence-corrected chi connectivity index (χ4v) is 1.64. The van der Waals surface area contributed by atoms with Crippen molar-refractivity contribution in [2.24, 2.45) is 0 Å². The molecule has 2 atom stereocenters. The third-order valence-corrected chi connectivity index (χ3v) is 2.05. The largest absolute Gasteiger partial charge is 0.387 e. The van der Waals surface area contributed by atoms with Crippen molar-refractivity contribution in [1.82, 2.24) is 4.90 Å². The van der Waals surface area contributed by atoms with Gasteiger partial charge in [0, 0.05) is 25.2 Å². The molecule has 3 heteroatoms. The fraction of sp³-hybridized carbons (Fsp3) is 0.714. The van der Waals surface area contributed by atoms with Gasteiger partial charge in [0.1, 0.15) is 6.17 Å². The third-order valence-electron chi connectivity index (χ3n) is 2.05. The lowest BCUT2D eigenvalue weighted by molar-refractivity contribution is 0.189. The molecule has 56 valence electrons. The highest BCUT2D eigenvalue weighted by Gasteiger charge is 2.31. The molecule has 2 aliphatic rings. The van der Waals surface area contributed by atoms with E-state index >= 15 is 0 Å². The van der Waals surface area contributed by atoms with Crippen LogP contribution in [0, 0.1) is 0 Å². The minimum Gasteiger partial charge on any atom is -0.387 e. The van der Waals surface area contributed by atoms with Crippen LogP contribution in [0.3, 0.4) is 0 Å². The number of allylic oxidation sites excluding steroid dienone is 1. The molecule has 1 fully saturated rings. The first kappa shape index (κ1) is 6.16. The van der Waals surface area contributed by atoms with E-state index in [-0.39, 0.29) is 6.10 Å². The van der Waals surface area contributed by atoms with Crippen molar-refractivity contribution in [2.75, 3.05) is 13.1 Å². The van der Waals surface area contributed by atoms with E-state index in [4.69, 9.17) is 5.11 Å². The second-order valence-electron chi connectivity index (χ2n) is 2.93. The van der Waals surface area contributed by atoms with Gasteiger partial charge < -0.3 is 10.0 Å². The maximum absolute atomic E-state index is 12.6. The van der Waals surface area contributed by atoms with Crippen molar-refractivity contribution in [1.29, 1.82) is 0 Å². The molecule has 10 heavy (non-hydrogen) atoms. The Morgan fingerprint density at radius 3 is 3.10 bits per heavy atom. The van der Waals surface area contributed by atoms with Crippen LogP contribution < -0.4 is 0 Å². The molecule has 0 radical (unpaired) electrons. The molecule has 0 saturated carbocycles. The summed E-state index contributed by atoms with van der Waals surface area (Å²) in [6, 6.07) is 0. The predicted molar refractivity (Wildman–Crippen MR) is 35.2 cm³/mol. The molecule has 1 N–H and O–H groups in total. The van der Waals surface area contributed by atoms with Crippen molar-refractivity contribution >= 4 is 0 Å². The van der Waals surface area contributed by atoms with Gasteiger partial charge in [0.2, 0.25) is 0 Å². The molecule has 2 aliphatic heterocycles. The van der Waals surface area contributed by atoms with Gasteiger partial charge in [-0.1, -0.05) is 0 Å². The summed E-state index contributed by atoms with van der Waals surface area (Å²) in [5.41, 5.74) is 0.986. The zero-order valence-corrected chi connectivity index (χ0v) is 5.63. The van der Waals surface area contributed by atoms with E-state index in [1.165, 1.54) is 0 Å². The Labute approximate surface area is 58.9 Å². The Bertz CT molecular complexity index is 180. The van der Waals surface area contributed by atoms with Crippen molar-refractivity contribution in [2.45, 2.75) is 18.7 Å². The van der Waals surface area contributed by atoms with E-state index < -0.39 is 6.17 Å². The maximum Gasteiger partial charge on any atom is 0.123 e. The van der Waals surface area contributed by atoms with Crippen LogP contribution in [0.1, 0.15) is 6.42 Å². The first-order valence-electron chi connectivity index (χ1n) is 3.53. The minimum absolute atomic E-state index is 0.359. The number of fused-ring (bicyclic) bond motifs is 1. The molecular weight excluding hydrogens is 133 g/mol. The Morgan fingerprint density at radius 2 is 2.40 bits per heavy atom. The summed E-state index contributed by atoms with van der Waals surface area (Å²) >= 11 is 0. The minimum atomic E-state index is -0.709. The monoisotopic (exact) mass is 143 g/mol. The Hall–Kier alpha value is -0.570. The number of aliphatic hydroxyl groups is 1. The van der Waals surface area contributed by atoms with Crippen molar-refractivity contribution < 1.29 is 9.50 Å². The molecule has 0 aromatic heterocycles. The highest BCUT2D eigenvalue weighted by molar-refractivity contribution is 5.17. The molecule has 0 aromatic carbocycles. The fourth-order valence-electron chi connectivity index (χ4n) is 1.64. The third kappa shape index (κ3) is 0.814. The van der Waals surface area contributed by atoms with Crippen LogP contribution in [0.15, 0.2) is 11.8 Å². The SMILES string of the molecule is O[C@@H]1C=C2C[C@@H](F)CN2C1. The molecule has 2 rings (SSSR count). The first-order chi connectivity index (χ1) is 4.75. The molecule has 1 saturated heterocycles. The summed E-state index contributed by atoms with van der Waals surface area (Å²) in [5.74, 6) is 0. The number of nitrogens with zero attached hydrogens (tertiary/aromatic N) is 1. The highest BCUT2D eigenvalue weighted by Crippen LogP contribution is 2.28. The first-order valence-corrected chi connectivity index (χ1v) is 3.53. The topological polar surface area (TPSA) is 23.5 Å². The quantitative estimate of drug-likeness (QED) is 0.526. The van der Waals surface area contributed by atoms with E-state index in [1.807, 2.05) is 4.90 Å². The van der Waals surface area contributed by atoms with Gasteiger partial charge >= 0.3 is 0 Å². The number of hydrogen-bond donors (Lipinski definition) is 1. The summed E-state index contributed by atoms with van der Waals surface area (Å²) in [5, 5.41) is 9.08. The van der Waals surface area contributed by atoms with Crippen LogP contribution in [0.2, 0.25) is 0 Å². The lowest BCUT2D eigenvalue weighted by atomic mass is 10.2. The molecule has 0 amide bonds. The molecule has 0 aromatic rings. The second-order valence-corrected chi connectivity index (χ2v) is 2.93. The summed E-state index contributed by atoms with van der Waals surface area (Å²) in [7, 11) is 0. The van der Waals surface area contributed by atoms with E-state index in [0.717, 1.165) is 5.70 Å². The van der Waals surface area contributed by atoms with Crippen LogP contribution in [0.25, 0.3) is 0 Å². The maximum atomic E-state index is 12.6. The van der Waals surface area contributed by atoms with Gasteiger partial charge in [0.25, 0.3) is 0 Å². The van der Waals surface area contributed by atoms with Gasteiger partial charge in [0.15, 0.2) is 0 Å². The Morgan fingerprint density at radius 1 is 1.60 bits per heavy atom. The molecule has 0 spiro atoms. The summed E-state index contributed by atoms with van der Waals surface area (Å²) in [4.78, 5) is 1.91. The van der Waals surface area contributed by atoms with Gasteiger partial charge in [-0.3, -0.25) is 0 Å². The molecule has 2 heterocycles. The standard InChI is InChI=1S/C7H10FNO/c8-5-1-6-2-7(10)4-9(6)3-5/h2,5,7,10H,1,3-4H2/t5-,7-/m1/s1. The van der Waals surface area contributed by atoms with Crippen molar-refractivity contribution in [3.63, 3.8) is 0 Å². The average molecular weight is 143 g/mol. The van der Waals surface area contributed by atoms with E-state index in [0.29, 0.717) is 19.5 Å². The lowest BCUT2D eigenvalue weighted by Crippen LogP contribution is -2.22. The molecule has 2 nitrogen and oxygen atoms in total. The summed E-state index contributed by atoms with van der Waals surface area (Å²) in [6.07, 6.45) is 1.18. The van der Waals surface area contributed by atoms with Gasteiger partial charge in [-0.25, -0.2) is 4.39 Å². The van der Waals surface area contributed by atoms with E-state index in [1.54, 1.807) is 6.08 Å². The summed E-state index contributed by atoms with van der Waals surface area (Å²) in [6.45, 7) is 1.07. The zero-order valence-electron chi connectivity index (χ0n) is 5.63. The number of hydrogen-bond acceptors (Lipinski definition) is 2. The van der Waals surface area contributed by atoms with Gasteiger partial charge in [0.05, 0.1) is 6.10 Å². The van der Waals surface area contributed by atoms with Crippen molar-refractivity contribution in [3.05, 3.63) is 11.8 Å². The van der Waals surface area contributed by atoms with Crippen molar-refractivity contribution in [3.8, 4) is 0 Å². The number of halogens is 1. The van der Waals surface area contributed by atoms with Crippen LogP contribution in [-0.4, -0.2) is 35.4 Å². The predicted octanol–water partition coefficient (Wildman–Crippen LogP) is 0.289. The normalized spacial score (nSPS) is 38.2. The van der Waals surface area contributed by atoms with Crippen LogP contribution >= 0.6 is 0 Å². The summed E-state index contributed by atoms with van der Waals surface area (Å²) < 4.78 is 12.6. The van der Waals surface area contributed by atoms with Gasteiger partial charge in [-0.15, -0.1) is 0 Å². The molecule has 0 aliphatic carbocycles. The number of aliphatic hydroxyl groups excluding tert-OH is 1. The number of alkyl halides is 1. The Balaban J connectivity index is 2.14. The average Bonchev–Trinajstić information content (AvgIpc) is 2.21. The highest BCUT2D eigenvalue weighted by atomic mass is 19.1. The molecule has 0 bridgehead atoms. The lowest BCUT2D eigenvalue weighted by Gasteiger charge is -2.12. The number of rotatable bonds is 0. The smallest absolute Gasteiger partial charge is 0.123 e. The van der Waals surface area contributed by atoms with E-state index in [2.05, 4.69) is 0 Å².